The molecule has 1 aromatic rings. The largest absolute Gasteiger partial charge is 0.320 e. The third-order valence-corrected chi connectivity index (χ3v) is 7.96. The predicted octanol–water partition coefficient (Wildman–Crippen LogP) is 5.87. The van der Waals surface area contributed by atoms with Gasteiger partial charge in [0.05, 0.1) is 0 Å². The first-order valence-electron chi connectivity index (χ1n) is 11.0. The van der Waals surface area contributed by atoms with Crippen molar-refractivity contribution in [1.82, 2.24) is 5.32 Å². The second-order valence-corrected chi connectivity index (χ2v) is 9.45. The molecule has 1 N–H and O–H groups in total. The molecule has 1 nitrogen and oxygen atoms in total. The van der Waals surface area contributed by atoms with Crippen molar-refractivity contribution in [1.29, 1.82) is 0 Å². The van der Waals surface area contributed by atoms with E-state index >= 15 is 0 Å². The number of aryl methyl sites for hydroxylation is 2. The van der Waals surface area contributed by atoms with Gasteiger partial charge in [0.25, 0.3) is 0 Å². The molecule has 2 saturated carbocycles. The fourth-order valence-corrected chi connectivity index (χ4v) is 6.59. The zero-order valence-electron chi connectivity index (χ0n) is 16.4. The monoisotopic (exact) mass is 339 g/mol. The highest BCUT2D eigenvalue weighted by Crippen LogP contribution is 2.60. The molecule has 0 unspecified atom stereocenters. The number of nitrogens with one attached hydrogen (secondary N) is 1. The standard InChI is InChI=1S/C24H37N/c1-24-14-6-8-23(24)22-12-10-19-17-18(7-4-3-5-16-25-2)9-11-20(19)21(22)13-15-24/h9,11,17,21-23,25H,3-8,10,12-16H2,1-2H3/t21-,22-,23+,24+/m1/s1. The summed E-state index contributed by atoms with van der Waals surface area (Å²) in [6, 6.07) is 7.57. The second kappa shape index (κ2) is 7.43. The van der Waals surface area contributed by atoms with Crippen LogP contribution >= 0.6 is 0 Å². The van der Waals surface area contributed by atoms with Crippen LogP contribution in [0.15, 0.2) is 18.2 Å². The Morgan fingerprint density at radius 2 is 2.00 bits per heavy atom. The Hall–Kier alpha value is -0.820. The first-order valence-corrected chi connectivity index (χ1v) is 11.0. The van der Waals surface area contributed by atoms with E-state index in [1.54, 1.807) is 16.7 Å². The van der Waals surface area contributed by atoms with Crippen LogP contribution in [0.5, 0.6) is 0 Å². The third-order valence-electron chi connectivity index (χ3n) is 7.96. The Kier molecular flexibility index (Phi) is 5.23. The van der Waals surface area contributed by atoms with Gasteiger partial charge >= 0.3 is 0 Å². The summed E-state index contributed by atoms with van der Waals surface area (Å²) in [6.45, 7) is 3.76. The van der Waals surface area contributed by atoms with Crippen molar-refractivity contribution in [3.05, 3.63) is 34.9 Å². The van der Waals surface area contributed by atoms with Crippen LogP contribution in [0.3, 0.4) is 0 Å². The first kappa shape index (κ1) is 17.6. The zero-order chi connectivity index (χ0) is 17.3. The van der Waals surface area contributed by atoms with Gasteiger partial charge in [-0.15, -0.1) is 0 Å². The molecule has 25 heavy (non-hydrogen) atoms. The fourth-order valence-electron chi connectivity index (χ4n) is 6.59. The first-order chi connectivity index (χ1) is 12.2. The van der Waals surface area contributed by atoms with Crippen molar-refractivity contribution in [3.63, 3.8) is 0 Å². The normalized spacial score (nSPS) is 33.6. The summed E-state index contributed by atoms with van der Waals surface area (Å²) < 4.78 is 0. The molecular weight excluding hydrogens is 302 g/mol. The van der Waals surface area contributed by atoms with Gasteiger partial charge in [-0.25, -0.2) is 0 Å². The number of rotatable bonds is 6. The van der Waals surface area contributed by atoms with Crippen LogP contribution in [0, 0.1) is 17.3 Å². The Morgan fingerprint density at radius 3 is 2.88 bits per heavy atom. The molecule has 0 amide bonds. The molecule has 0 aliphatic heterocycles. The van der Waals surface area contributed by atoms with Gasteiger partial charge in [0.15, 0.2) is 0 Å². The van der Waals surface area contributed by atoms with Crippen LogP contribution in [0.4, 0.5) is 0 Å². The second-order valence-electron chi connectivity index (χ2n) is 9.45. The highest BCUT2D eigenvalue weighted by molar-refractivity contribution is 5.38. The summed E-state index contributed by atoms with van der Waals surface area (Å²) in [5.74, 6) is 2.89. The molecule has 0 heterocycles. The van der Waals surface area contributed by atoms with E-state index in [2.05, 4.69) is 37.5 Å². The number of benzene rings is 1. The number of fused-ring (bicyclic) bond motifs is 5. The van der Waals surface area contributed by atoms with E-state index in [9.17, 15) is 0 Å². The van der Waals surface area contributed by atoms with Gasteiger partial charge in [-0.2, -0.15) is 0 Å². The van der Waals surface area contributed by atoms with Gasteiger partial charge in [0.2, 0.25) is 0 Å². The summed E-state index contributed by atoms with van der Waals surface area (Å²) in [6.07, 6.45) is 15.5. The van der Waals surface area contributed by atoms with Crippen LogP contribution in [0.1, 0.15) is 87.3 Å². The van der Waals surface area contributed by atoms with E-state index in [0.717, 1.165) is 24.3 Å². The lowest BCUT2D eigenvalue weighted by atomic mass is 9.56. The fraction of sp³-hybridized carbons (Fsp3) is 0.750. The number of hydrogen-bond acceptors (Lipinski definition) is 1. The van der Waals surface area contributed by atoms with Gasteiger partial charge in [-0.1, -0.05) is 38.0 Å². The number of hydrogen-bond donors (Lipinski definition) is 1. The Bertz CT molecular complexity index is 592. The van der Waals surface area contributed by atoms with E-state index in [4.69, 9.17) is 0 Å². The quantitative estimate of drug-likeness (QED) is 0.640. The SMILES string of the molecule is CNCCCCCc1ccc2c(c1)CC[C@@H]1[C@@H]2CC[C@]2(C)CCC[C@@H]12. The summed E-state index contributed by atoms with van der Waals surface area (Å²) in [5.41, 5.74) is 5.72. The average molecular weight is 340 g/mol. The molecule has 138 valence electrons. The van der Waals surface area contributed by atoms with Crippen LogP contribution < -0.4 is 5.32 Å². The number of unbranched alkanes of at least 4 members (excludes halogenated alkanes) is 2. The Balaban J connectivity index is 1.43. The molecule has 3 aliphatic carbocycles. The van der Waals surface area contributed by atoms with Crippen LogP contribution in [-0.4, -0.2) is 13.6 Å². The molecule has 0 saturated heterocycles. The minimum Gasteiger partial charge on any atom is -0.320 e. The molecule has 2 fully saturated rings. The predicted molar refractivity (Wildman–Crippen MR) is 107 cm³/mol. The maximum atomic E-state index is 3.25. The summed E-state index contributed by atoms with van der Waals surface area (Å²) >= 11 is 0. The van der Waals surface area contributed by atoms with Gasteiger partial charge in [0, 0.05) is 0 Å². The molecule has 4 rings (SSSR count). The molecule has 1 heteroatoms. The van der Waals surface area contributed by atoms with Crippen molar-refractivity contribution in [3.8, 4) is 0 Å². The van der Waals surface area contributed by atoms with Crippen LogP contribution in [0.25, 0.3) is 0 Å². The molecular formula is C24H37N. The molecule has 1 aromatic carbocycles. The minimum atomic E-state index is 0.686. The van der Waals surface area contributed by atoms with Crippen molar-refractivity contribution in [2.24, 2.45) is 17.3 Å². The lowest BCUT2D eigenvalue weighted by Crippen LogP contribution is -2.39. The lowest BCUT2D eigenvalue weighted by Gasteiger charge is -2.49. The van der Waals surface area contributed by atoms with E-state index < -0.39 is 0 Å². The van der Waals surface area contributed by atoms with E-state index in [1.807, 2.05) is 0 Å². The van der Waals surface area contributed by atoms with Gasteiger partial charge < -0.3 is 5.32 Å². The van der Waals surface area contributed by atoms with Gasteiger partial charge in [-0.3, -0.25) is 0 Å². The van der Waals surface area contributed by atoms with E-state index in [-0.39, 0.29) is 0 Å². The van der Waals surface area contributed by atoms with Crippen molar-refractivity contribution < 1.29 is 0 Å². The maximum absolute atomic E-state index is 3.25. The van der Waals surface area contributed by atoms with Crippen LogP contribution in [0.2, 0.25) is 0 Å². The lowest BCUT2D eigenvalue weighted by molar-refractivity contribution is 0.0598. The topological polar surface area (TPSA) is 12.0 Å². The molecule has 0 radical (unpaired) electrons. The zero-order valence-corrected chi connectivity index (χ0v) is 16.4. The summed E-state index contributed by atoms with van der Waals surface area (Å²) in [4.78, 5) is 0. The smallest absolute Gasteiger partial charge is 0.00519 e. The van der Waals surface area contributed by atoms with E-state index in [1.165, 1.54) is 70.6 Å². The maximum Gasteiger partial charge on any atom is -0.00519 e. The molecule has 0 spiro atoms. The minimum absolute atomic E-state index is 0.686. The van der Waals surface area contributed by atoms with Crippen molar-refractivity contribution >= 4 is 0 Å². The molecule has 4 atom stereocenters. The van der Waals surface area contributed by atoms with Gasteiger partial charge in [-0.05, 0) is 111 Å². The van der Waals surface area contributed by atoms with E-state index in [0.29, 0.717) is 5.41 Å². The molecule has 0 bridgehead atoms. The Labute approximate surface area is 155 Å². The van der Waals surface area contributed by atoms with Crippen LogP contribution in [-0.2, 0) is 12.8 Å². The molecule has 3 aliphatic rings. The Morgan fingerprint density at radius 1 is 1.08 bits per heavy atom. The highest BCUT2D eigenvalue weighted by atomic mass is 14.8. The van der Waals surface area contributed by atoms with Gasteiger partial charge in [0.1, 0.15) is 0 Å². The average Bonchev–Trinajstić information content (AvgIpc) is 3.03. The van der Waals surface area contributed by atoms with Crippen molar-refractivity contribution in [2.45, 2.75) is 83.5 Å². The highest BCUT2D eigenvalue weighted by Gasteiger charge is 2.50. The molecule has 0 aromatic heterocycles. The third kappa shape index (κ3) is 3.42. The summed E-state index contributed by atoms with van der Waals surface area (Å²) in [5, 5.41) is 3.25. The summed E-state index contributed by atoms with van der Waals surface area (Å²) in [7, 11) is 2.05. The van der Waals surface area contributed by atoms with Crippen molar-refractivity contribution in [2.75, 3.05) is 13.6 Å².